The minimum atomic E-state index is 0.378. The van der Waals surface area contributed by atoms with Crippen LogP contribution in [0, 0.1) is 11.8 Å². The van der Waals surface area contributed by atoms with Gasteiger partial charge in [-0.2, -0.15) is 0 Å². The zero-order valence-electron chi connectivity index (χ0n) is 17.2. The zero-order valence-corrected chi connectivity index (χ0v) is 17.2. The van der Waals surface area contributed by atoms with Gasteiger partial charge in [-0.3, -0.25) is 0 Å². The van der Waals surface area contributed by atoms with Gasteiger partial charge in [0, 0.05) is 32.2 Å². The molecule has 1 aliphatic heterocycles. The SMILES string of the molecule is CCNC(=NCc1cc(C(C)C)no1)NCCCN1CC(C)CC(C)C1. The van der Waals surface area contributed by atoms with Gasteiger partial charge in [-0.15, -0.1) is 0 Å². The van der Waals surface area contributed by atoms with E-state index in [9.17, 15) is 0 Å². The summed E-state index contributed by atoms with van der Waals surface area (Å²) in [5.74, 6) is 3.67. The number of rotatable bonds is 8. The molecule has 1 aromatic rings. The van der Waals surface area contributed by atoms with E-state index in [2.05, 4.69) is 60.3 Å². The van der Waals surface area contributed by atoms with E-state index in [4.69, 9.17) is 4.52 Å². The molecule has 26 heavy (non-hydrogen) atoms. The van der Waals surface area contributed by atoms with Gasteiger partial charge in [0.15, 0.2) is 11.7 Å². The van der Waals surface area contributed by atoms with Gasteiger partial charge < -0.3 is 20.1 Å². The summed E-state index contributed by atoms with van der Waals surface area (Å²) in [6.45, 7) is 17.0. The third-order valence-corrected chi connectivity index (χ3v) is 4.79. The Kier molecular flexibility index (Phi) is 8.42. The van der Waals surface area contributed by atoms with Crippen molar-refractivity contribution < 1.29 is 4.52 Å². The maximum Gasteiger partial charge on any atom is 0.191 e. The van der Waals surface area contributed by atoms with Crippen molar-refractivity contribution in [2.45, 2.75) is 59.9 Å². The van der Waals surface area contributed by atoms with E-state index in [1.54, 1.807) is 0 Å². The van der Waals surface area contributed by atoms with Crippen molar-refractivity contribution in [2.75, 3.05) is 32.7 Å². The maximum atomic E-state index is 5.36. The molecule has 2 unspecified atom stereocenters. The molecule has 1 saturated heterocycles. The van der Waals surface area contributed by atoms with E-state index >= 15 is 0 Å². The van der Waals surface area contributed by atoms with Gasteiger partial charge in [-0.1, -0.05) is 32.9 Å². The van der Waals surface area contributed by atoms with Crippen LogP contribution < -0.4 is 10.6 Å². The smallest absolute Gasteiger partial charge is 0.191 e. The molecule has 0 aromatic carbocycles. The molecule has 2 atom stereocenters. The fourth-order valence-electron chi connectivity index (χ4n) is 3.66. The molecule has 2 heterocycles. The van der Waals surface area contributed by atoms with E-state index in [0.717, 1.165) is 55.3 Å². The highest BCUT2D eigenvalue weighted by molar-refractivity contribution is 5.79. The third kappa shape index (κ3) is 6.98. The van der Waals surface area contributed by atoms with Gasteiger partial charge >= 0.3 is 0 Å². The number of guanidine groups is 1. The van der Waals surface area contributed by atoms with E-state index in [0.29, 0.717) is 12.5 Å². The van der Waals surface area contributed by atoms with Crippen LogP contribution in [-0.4, -0.2) is 48.7 Å². The van der Waals surface area contributed by atoms with Crippen molar-refractivity contribution in [3.63, 3.8) is 0 Å². The predicted molar refractivity (Wildman–Crippen MR) is 107 cm³/mol. The van der Waals surface area contributed by atoms with Crippen LogP contribution in [0.15, 0.2) is 15.6 Å². The second kappa shape index (κ2) is 10.6. The molecule has 6 nitrogen and oxygen atoms in total. The monoisotopic (exact) mass is 363 g/mol. The Morgan fingerprint density at radius 3 is 2.65 bits per heavy atom. The van der Waals surface area contributed by atoms with Gasteiger partial charge in [0.1, 0.15) is 6.54 Å². The van der Waals surface area contributed by atoms with Crippen LogP contribution in [0.2, 0.25) is 0 Å². The van der Waals surface area contributed by atoms with Gasteiger partial charge in [0.05, 0.1) is 5.69 Å². The van der Waals surface area contributed by atoms with Crippen molar-refractivity contribution in [3.8, 4) is 0 Å². The molecule has 6 heteroatoms. The van der Waals surface area contributed by atoms with Crippen LogP contribution in [0.25, 0.3) is 0 Å². The lowest BCUT2D eigenvalue weighted by molar-refractivity contribution is 0.140. The summed E-state index contributed by atoms with van der Waals surface area (Å²) in [5.41, 5.74) is 0.984. The lowest BCUT2D eigenvalue weighted by Crippen LogP contribution is -2.41. The number of piperidine rings is 1. The summed E-state index contributed by atoms with van der Waals surface area (Å²) in [6.07, 6.45) is 2.50. The van der Waals surface area contributed by atoms with Crippen LogP contribution in [0.5, 0.6) is 0 Å². The lowest BCUT2D eigenvalue weighted by atomic mass is 9.92. The first-order valence-corrected chi connectivity index (χ1v) is 10.2. The molecule has 1 aliphatic rings. The average Bonchev–Trinajstić information content (AvgIpc) is 3.05. The molecule has 0 aliphatic carbocycles. The van der Waals surface area contributed by atoms with Crippen LogP contribution >= 0.6 is 0 Å². The second-order valence-corrected chi connectivity index (χ2v) is 8.05. The largest absolute Gasteiger partial charge is 0.359 e. The summed E-state index contributed by atoms with van der Waals surface area (Å²) >= 11 is 0. The van der Waals surface area contributed by atoms with Gasteiger partial charge in [0.2, 0.25) is 0 Å². The summed E-state index contributed by atoms with van der Waals surface area (Å²) in [6, 6.07) is 2.00. The highest BCUT2D eigenvalue weighted by Crippen LogP contribution is 2.20. The number of hydrogen-bond acceptors (Lipinski definition) is 4. The standard InChI is InChI=1S/C20H37N5O/c1-6-21-20(23-12-18-11-19(15(2)3)24-26-18)22-8-7-9-25-13-16(4)10-17(5)14-25/h11,15-17H,6-10,12-14H2,1-5H3,(H2,21,22,23). The summed E-state index contributed by atoms with van der Waals surface area (Å²) in [4.78, 5) is 7.22. The number of likely N-dealkylation sites (tertiary alicyclic amines) is 1. The normalized spacial score (nSPS) is 22.0. The highest BCUT2D eigenvalue weighted by Gasteiger charge is 2.20. The summed E-state index contributed by atoms with van der Waals surface area (Å²) < 4.78 is 5.36. The zero-order chi connectivity index (χ0) is 18.9. The minimum absolute atomic E-state index is 0.378. The Labute approximate surface area is 158 Å². The molecular formula is C20H37N5O. The first kappa shape index (κ1) is 20.7. The molecule has 1 fully saturated rings. The van der Waals surface area contributed by atoms with Crippen molar-refractivity contribution in [1.29, 1.82) is 0 Å². The Balaban J connectivity index is 1.74. The molecule has 2 N–H and O–H groups in total. The molecule has 0 amide bonds. The van der Waals surface area contributed by atoms with E-state index in [1.165, 1.54) is 19.5 Å². The average molecular weight is 364 g/mol. The van der Waals surface area contributed by atoms with Crippen LogP contribution in [0.1, 0.15) is 64.8 Å². The lowest BCUT2D eigenvalue weighted by Gasteiger charge is -2.35. The summed E-state index contributed by atoms with van der Waals surface area (Å²) in [7, 11) is 0. The fraction of sp³-hybridized carbons (Fsp3) is 0.800. The minimum Gasteiger partial charge on any atom is -0.359 e. The van der Waals surface area contributed by atoms with Crippen LogP contribution in [0.4, 0.5) is 0 Å². The molecule has 0 bridgehead atoms. The Bertz CT molecular complexity index is 544. The van der Waals surface area contributed by atoms with Gasteiger partial charge in [-0.25, -0.2) is 4.99 Å². The molecule has 0 saturated carbocycles. The first-order valence-electron chi connectivity index (χ1n) is 10.2. The quantitative estimate of drug-likeness (QED) is 0.422. The summed E-state index contributed by atoms with van der Waals surface area (Å²) in [5, 5.41) is 10.8. The van der Waals surface area contributed by atoms with Crippen LogP contribution in [0.3, 0.4) is 0 Å². The van der Waals surface area contributed by atoms with Gasteiger partial charge in [-0.05, 0) is 44.1 Å². The maximum absolute atomic E-state index is 5.36. The second-order valence-electron chi connectivity index (χ2n) is 8.05. The van der Waals surface area contributed by atoms with Crippen molar-refractivity contribution in [2.24, 2.45) is 16.8 Å². The highest BCUT2D eigenvalue weighted by atomic mass is 16.5. The molecule has 0 radical (unpaired) electrons. The molecule has 2 rings (SSSR count). The molecule has 148 valence electrons. The Morgan fingerprint density at radius 2 is 2.04 bits per heavy atom. The Morgan fingerprint density at radius 1 is 1.31 bits per heavy atom. The van der Waals surface area contributed by atoms with Crippen molar-refractivity contribution in [3.05, 3.63) is 17.5 Å². The van der Waals surface area contributed by atoms with Crippen molar-refractivity contribution in [1.82, 2.24) is 20.7 Å². The molecular weight excluding hydrogens is 326 g/mol. The molecule has 0 spiro atoms. The topological polar surface area (TPSA) is 65.7 Å². The number of nitrogens with one attached hydrogen (secondary N) is 2. The number of nitrogens with zero attached hydrogens (tertiary/aromatic N) is 3. The van der Waals surface area contributed by atoms with Gasteiger partial charge in [0.25, 0.3) is 0 Å². The Hall–Kier alpha value is -1.56. The number of hydrogen-bond donors (Lipinski definition) is 2. The van der Waals surface area contributed by atoms with Crippen molar-refractivity contribution >= 4 is 5.96 Å². The van der Waals surface area contributed by atoms with E-state index in [1.807, 2.05) is 6.07 Å². The fourth-order valence-corrected chi connectivity index (χ4v) is 3.66. The van der Waals surface area contributed by atoms with E-state index in [-0.39, 0.29) is 0 Å². The third-order valence-electron chi connectivity index (χ3n) is 4.79. The first-order chi connectivity index (χ1) is 12.5. The molecule has 1 aromatic heterocycles. The van der Waals surface area contributed by atoms with E-state index < -0.39 is 0 Å². The number of aromatic nitrogens is 1. The number of aliphatic imine (C=N–C) groups is 1. The predicted octanol–water partition coefficient (Wildman–Crippen LogP) is 3.22. The van der Waals surface area contributed by atoms with Crippen LogP contribution in [-0.2, 0) is 6.54 Å².